The first-order valence-corrected chi connectivity index (χ1v) is 5.04. The third-order valence-corrected chi connectivity index (χ3v) is 2.88. The van der Waals surface area contributed by atoms with Crippen molar-refractivity contribution in [2.75, 3.05) is 0 Å². The Hall–Kier alpha value is -0.610. The number of rotatable bonds is 2. The van der Waals surface area contributed by atoms with Crippen molar-refractivity contribution in [1.82, 2.24) is 0 Å². The summed E-state index contributed by atoms with van der Waals surface area (Å²) in [5.74, 6) is -0.989. The van der Waals surface area contributed by atoms with E-state index in [4.69, 9.17) is 14.6 Å². The van der Waals surface area contributed by atoms with Crippen molar-refractivity contribution in [2.24, 2.45) is 5.92 Å². The molecule has 0 radical (unpaired) electrons. The number of carbonyl (C=O) groups is 1. The summed E-state index contributed by atoms with van der Waals surface area (Å²) in [6.45, 7) is 3.80. The molecule has 1 unspecified atom stereocenters. The van der Waals surface area contributed by atoms with Gasteiger partial charge in [-0.15, -0.1) is 0 Å². The smallest absolute Gasteiger partial charge is 0.303 e. The highest BCUT2D eigenvalue weighted by Gasteiger charge is 2.47. The largest absolute Gasteiger partial charge is 0.481 e. The van der Waals surface area contributed by atoms with Crippen molar-refractivity contribution in [1.29, 1.82) is 0 Å². The zero-order valence-electron chi connectivity index (χ0n) is 8.53. The molecule has 0 aromatic heterocycles. The van der Waals surface area contributed by atoms with Crippen LogP contribution >= 0.6 is 0 Å². The molecule has 1 N–H and O–H groups in total. The quantitative estimate of drug-likeness (QED) is 0.731. The maximum Gasteiger partial charge on any atom is 0.303 e. The molecule has 1 saturated carbocycles. The predicted octanol–water partition coefficient (Wildman–Crippen LogP) is 1.39. The summed E-state index contributed by atoms with van der Waals surface area (Å²) in [6, 6.07) is 0. The second-order valence-corrected chi connectivity index (χ2v) is 4.65. The molecular weight excluding hydrogens is 184 g/mol. The molecule has 80 valence electrons. The van der Waals surface area contributed by atoms with E-state index in [9.17, 15) is 4.79 Å². The Morgan fingerprint density at radius 3 is 2.29 bits per heavy atom. The minimum atomic E-state index is -0.728. The zero-order chi connectivity index (χ0) is 10.3. The number of fused-ring (bicyclic) bond motifs is 1. The molecular formula is C10H16O4. The highest BCUT2D eigenvalue weighted by Crippen LogP contribution is 2.41. The Kier molecular flexibility index (Phi) is 2.27. The van der Waals surface area contributed by atoms with Crippen LogP contribution in [0.5, 0.6) is 0 Å². The normalized spacial score (nSPS) is 39.7. The summed E-state index contributed by atoms with van der Waals surface area (Å²) in [7, 11) is 0. The van der Waals surface area contributed by atoms with Gasteiger partial charge in [0.15, 0.2) is 5.79 Å². The Balaban J connectivity index is 1.90. The van der Waals surface area contributed by atoms with Crippen LogP contribution in [0.2, 0.25) is 0 Å². The molecule has 0 spiro atoms. The average molecular weight is 200 g/mol. The van der Waals surface area contributed by atoms with Gasteiger partial charge in [-0.05, 0) is 32.6 Å². The number of hydrogen-bond donors (Lipinski definition) is 1. The van der Waals surface area contributed by atoms with E-state index in [1.165, 1.54) is 0 Å². The van der Waals surface area contributed by atoms with E-state index < -0.39 is 11.8 Å². The van der Waals surface area contributed by atoms with Crippen LogP contribution in [0.4, 0.5) is 0 Å². The van der Waals surface area contributed by atoms with Crippen molar-refractivity contribution in [3.05, 3.63) is 0 Å². The van der Waals surface area contributed by atoms with Crippen LogP contribution in [-0.4, -0.2) is 29.1 Å². The first kappa shape index (κ1) is 9.93. The summed E-state index contributed by atoms with van der Waals surface area (Å²) in [4.78, 5) is 10.5. The van der Waals surface area contributed by atoms with E-state index in [0.29, 0.717) is 0 Å². The Morgan fingerprint density at radius 1 is 1.36 bits per heavy atom. The standard InChI is InChI=1S/C10H16O4/c1-10(2)13-7-3-6(5-9(11)12)4-8(7)14-10/h6-8H,3-5H2,1-2H3,(H,11,12)/t6?,7-,8+. The van der Waals surface area contributed by atoms with Gasteiger partial charge in [-0.1, -0.05) is 0 Å². The molecule has 0 bridgehead atoms. The number of hydrogen-bond acceptors (Lipinski definition) is 3. The lowest BCUT2D eigenvalue weighted by atomic mass is 10.0. The first-order chi connectivity index (χ1) is 6.46. The number of ether oxygens (including phenoxy) is 2. The molecule has 1 heterocycles. The lowest BCUT2D eigenvalue weighted by Gasteiger charge is -2.19. The minimum Gasteiger partial charge on any atom is -0.481 e. The van der Waals surface area contributed by atoms with Crippen LogP contribution in [0.3, 0.4) is 0 Å². The van der Waals surface area contributed by atoms with E-state index in [0.717, 1.165) is 12.8 Å². The first-order valence-electron chi connectivity index (χ1n) is 5.04. The van der Waals surface area contributed by atoms with Crippen LogP contribution in [0.1, 0.15) is 33.1 Å². The van der Waals surface area contributed by atoms with Gasteiger partial charge in [0.25, 0.3) is 0 Å². The van der Waals surface area contributed by atoms with Gasteiger partial charge in [-0.25, -0.2) is 0 Å². The fraction of sp³-hybridized carbons (Fsp3) is 0.900. The summed E-state index contributed by atoms with van der Waals surface area (Å²) >= 11 is 0. The lowest BCUT2D eigenvalue weighted by Crippen LogP contribution is -2.23. The van der Waals surface area contributed by atoms with Gasteiger partial charge in [-0.2, -0.15) is 0 Å². The van der Waals surface area contributed by atoms with E-state index in [1.807, 2.05) is 13.8 Å². The lowest BCUT2D eigenvalue weighted by molar-refractivity contribution is -0.155. The van der Waals surface area contributed by atoms with Gasteiger partial charge in [0.05, 0.1) is 12.2 Å². The molecule has 2 aliphatic rings. The zero-order valence-corrected chi connectivity index (χ0v) is 8.53. The second kappa shape index (κ2) is 3.21. The number of carboxylic acids is 1. The van der Waals surface area contributed by atoms with Crippen LogP contribution < -0.4 is 0 Å². The van der Waals surface area contributed by atoms with Crippen molar-refractivity contribution in [2.45, 2.75) is 51.1 Å². The van der Waals surface area contributed by atoms with Gasteiger partial charge in [0.1, 0.15) is 0 Å². The summed E-state index contributed by atoms with van der Waals surface area (Å²) in [6.07, 6.45) is 2.09. The van der Waals surface area contributed by atoms with E-state index in [-0.39, 0.29) is 24.5 Å². The maximum absolute atomic E-state index is 10.5. The molecule has 4 nitrogen and oxygen atoms in total. The molecule has 14 heavy (non-hydrogen) atoms. The second-order valence-electron chi connectivity index (χ2n) is 4.65. The molecule has 0 aromatic rings. The van der Waals surface area contributed by atoms with Gasteiger partial charge in [0.2, 0.25) is 0 Å². The fourth-order valence-corrected chi connectivity index (χ4v) is 2.48. The van der Waals surface area contributed by atoms with E-state index in [1.54, 1.807) is 0 Å². The van der Waals surface area contributed by atoms with Gasteiger partial charge in [0, 0.05) is 6.42 Å². The molecule has 4 heteroatoms. The fourth-order valence-electron chi connectivity index (χ4n) is 2.48. The summed E-state index contributed by atoms with van der Waals surface area (Å²) in [5, 5.41) is 8.66. The summed E-state index contributed by atoms with van der Waals surface area (Å²) in [5.41, 5.74) is 0. The minimum absolute atomic E-state index is 0.106. The Labute approximate surface area is 83.2 Å². The number of aliphatic carboxylic acids is 1. The van der Waals surface area contributed by atoms with Crippen LogP contribution in [0.25, 0.3) is 0 Å². The average Bonchev–Trinajstić information content (AvgIpc) is 2.38. The summed E-state index contributed by atoms with van der Waals surface area (Å²) < 4.78 is 11.3. The van der Waals surface area contributed by atoms with Crippen molar-refractivity contribution in [3.63, 3.8) is 0 Å². The third kappa shape index (κ3) is 1.91. The van der Waals surface area contributed by atoms with Crippen molar-refractivity contribution >= 4 is 5.97 Å². The van der Waals surface area contributed by atoms with Gasteiger partial charge in [-0.3, -0.25) is 4.79 Å². The van der Waals surface area contributed by atoms with Gasteiger partial charge >= 0.3 is 5.97 Å². The molecule has 1 saturated heterocycles. The van der Waals surface area contributed by atoms with Crippen molar-refractivity contribution < 1.29 is 19.4 Å². The SMILES string of the molecule is CC1(C)O[C@H]2CC(CC(=O)O)C[C@H]2O1. The predicted molar refractivity (Wildman–Crippen MR) is 48.8 cm³/mol. The van der Waals surface area contributed by atoms with Crippen molar-refractivity contribution in [3.8, 4) is 0 Å². The highest BCUT2D eigenvalue weighted by atomic mass is 16.8. The number of carboxylic acid groups (broad SMARTS) is 1. The molecule has 1 aliphatic heterocycles. The molecule has 0 amide bonds. The molecule has 1 aliphatic carbocycles. The van der Waals surface area contributed by atoms with Crippen LogP contribution in [-0.2, 0) is 14.3 Å². The molecule has 2 fully saturated rings. The Morgan fingerprint density at radius 2 is 1.86 bits per heavy atom. The van der Waals surface area contributed by atoms with Crippen LogP contribution in [0.15, 0.2) is 0 Å². The van der Waals surface area contributed by atoms with E-state index >= 15 is 0 Å². The molecule has 2 rings (SSSR count). The highest BCUT2D eigenvalue weighted by molar-refractivity contribution is 5.67. The maximum atomic E-state index is 10.5. The van der Waals surface area contributed by atoms with Crippen LogP contribution in [0, 0.1) is 5.92 Å². The Bertz CT molecular complexity index is 233. The monoisotopic (exact) mass is 200 g/mol. The van der Waals surface area contributed by atoms with E-state index in [2.05, 4.69) is 0 Å². The third-order valence-electron chi connectivity index (χ3n) is 2.88. The molecule has 3 atom stereocenters. The van der Waals surface area contributed by atoms with Gasteiger partial charge < -0.3 is 14.6 Å². The topological polar surface area (TPSA) is 55.8 Å². The molecule has 0 aromatic carbocycles.